The van der Waals surface area contributed by atoms with Crippen molar-refractivity contribution < 1.29 is 22.7 Å². The van der Waals surface area contributed by atoms with Gasteiger partial charge in [-0.25, -0.2) is 12.7 Å². The fourth-order valence-corrected chi connectivity index (χ4v) is 6.40. The van der Waals surface area contributed by atoms with Crippen LogP contribution in [0.25, 0.3) is 0 Å². The van der Waals surface area contributed by atoms with Crippen LogP contribution in [0.4, 0.5) is 0 Å². The lowest BCUT2D eigenvalue weighted by Crippen LogP contribution is -2.43. The largest absolute Gasteiger partial charge is 0.486 e. The van der Waals surface area contributed by atoms with Gasteiger partial charge in [-0.1, -0.05) is 35.3 Å². The molecular weight excluding hydrogens is 487 g/mol. The SMILES string of the molecule is C[C@H](NC(=O)C1CCN(S(=O)(=O)Cc2c(Cl)cccc2Cl)CC1)c1ccc2c(c1)OCCO2. The molecule has 0 bridgehead atoms. The first-order chi connectivity index (χ1) is 15.7. The van der Waals surface area contributed by atoms with Gasteiger partial charge in [0.15, 0.2) is 11.5 Å². The monoisotopic (exact) mass is 512 g/mol. The standard InChI is InChI=1S/C23H26Cl2N2O5S/c1-15(17-5-6-21-22(13-17)32-12-11-31-21)26-23(28)16-7-9-27(10-8-16)33(29,30)14-18-19(24)3-2-4-20(18)25/h2-6,13,15-16H,7-12,14H2,1H3,(H,26,28)/t15-/m0/s1. The molecule has 2 aromatic carbocycles. The molecule has 0 aliphatic carbocycles. The summed E-state index contributed by atoms with van der Waals surface area (Å²) in [7, 11) is -3.60. The maximum absolute atomic E-state index is 12.9. The first kappa shape index (κ1) is 24.1. The molecule has 0 aromatic heterocycles. The molecule has 10 heteroatoms. The van der Waals surface area contributed by atoms with E-state index in [2.05, 4.69) is 5.32 Å². The second-order valence-electron chi connectivity index (χ2n) is 8.26. The molecule has 2 aromatic rings. The number of nitrogens with zero attached hydrogens (tertiary/aromatic N) is 1. The molecule has 1 saturated heterocycles. The number of carbonyl (C=O) groups is 1. The Morgan fingerprint density at radius 2 is 1.73 bits per heavy atom. The molecule has 1 atom stereocenters. The van der Waals surface area contributed by atoms with Crippen molar-refractivity contribution in [3.8, 4) is 11.5 Å². The van der Waals surface area contributed by atoms with Gasteiger partial charge in [0.05, 0.1) is 11.8 Å². The minimum Gasteiger partial charge on any atom is -0.486 e. The average Bonchev–Trinajstić information content (AvgIpc) is 2.81. The molecule has 2 aliphatic rings. The lowest BCUT2D eigenvalue weighted by Gasteiger charge is -2.31. The van der Waals surface area contributed by atoms with Crippen LogP contribution in [0.15, 0.2) is 36.4 Å². The summed E-state index contributed by atoms with van der Waals surface area (Å²) in [6.07, 6.45) is 0.907. The molecule has 0 spiro atoms. The van der Waals surface area contributed by atoms with E-state index in [0.717, 1.165) is 5.56 Å². The van der Waals surface area contributed by atoms with E-state index in [1.54, 1.807) is 18.2 Å². The predicted molar refractivity (Wildman–Crippen MR) is 127 cm³/mol. The smallest absolute Gasteiger partial charge is 0.223 e. The Hall–Kier alpha value is -2.00. The van der Waals surface area contributed by atoms with Gasteiger partial charge in [0.25, 0.3) is 0 Å². The van der Waals surface area contributed by atoms with Crippen LogP contribution in [0, 0.1) is 5.92 Å². The van der Waals surface area contributed by atoms with Gasteiger partial charge in [-0.3, -0.25) is 4.79 Å². The maximum atomic E-state index is 12.9. The number of nitrogens with one attached hydrogen (secondary N) is 1. The third-order valence-corrected chi connectivity index (χ3v) is 8.55. The van der Waals surface area contributed by atoms with E-state index < -0.39 is 10.0 Å². The minimum absolute atomic E-state index is 0.0800. The van der Waals surface area contributed by atoms with Crippen LogP contribution in [0.5, 0.6) is 11.5 Å². The summed E-state index contributed by atoms with van der Waals surface area (Å²) in [5.41, 5.74) is 1.32. The van der Waals surface area contributed by atoms with Gasteiger partial charge in [-0.05, 0) is 49.6 Å². The number of ether oxygens (including phenoxy) is 2. The van der Waals surface area contributed by atoms with Gasteiger partial charge in [0.1, 0.15) is 13.2 Å². The highest BCUT2D eigenvalue weighted by molar-refractivity contribution is 7.88. The number of hydrogen-bond donors (Lipinski definition) is 1. The molecule has 2 heterocycles. The van der Waals surface area contributed by atoms with E-state index >= 15 is 0 Å². The molecule has 178 valence electrons. The van der Waals surface area contributed by atoms with Crippen molar-refractivity contribution in [3.63, 3.8) is 0 Å². The summed E-state index contributed by atoms with van der Waals surface area (Å²) in [6.45, 7) is 3.50. The highest BCUT2D eigenvalue weighted by Gasteiger charge is 2.32. The number of piperidine rings is 1. The van der Waals surface area contributed by atoms with Crippen LogP contribution < -0.4 is 14.8 Å². The third kappa shape index (κ3) is 5.57. The normalized spacial score (nSPS) is 18.0. The van der Waals surface area contributed by atoms with Gasteiger partial charge < -0.3 is 14.8 Å². The predicted octanol–water partition coefficient (Wildman–Crippen LogP) is 4.18. The quantitative estimate of drug-likeness (QED) is 0.627. The maximum Gasteiger partial charge on any atom is 0.223 e. The number of rotatable bonds is 6. The Balaban J connectivity index is 1.33. The fraction of sp³-hybridized carbons (Fsp3) is 0.435. The summed E-state index contributed by atoms with van der Waals surface area (Å²) in [4.78, 5) is 12.8. The summed E-state index contributed by atoms with van der Waals surface area (Å²) >= 11 is 12.3. The molecule has 0 radical (unpaired) electrons. The zero-order chi connectivity index (χ0) is 23.6. The van der Waals surface area contributed by atoms with Crippen molar-refractivity contribution in [3.05, 3.63) is 57.6 Å². The Morgan fingerprint density at radius 1 is 1.09 bits per heavy atom. The molecule has 0 unspecified atom stereocenters. The van der Waals surface area contributed by atoms with E-state index in [9.17, 15) is 13.2 Å². The zero-order valence-electron chi connectivity index (χ0n) is 18.2. The minimum atomic E-state index is -3.60. The highest BCUT2D eigenvalue weighted by Crippen LogP contribution is 2.33. The fourth-order valence-electron chi connectivity index (χ4n) is 4.08. The Kier molecular flexibility index (Phi) is 7.38. The van der Waals surface area contributed by atoms with Crippen molar-refractivity contribution in [2.45, 2.75) is 31.6 Å². The van der Waals surface area contributed by atoms with Crippen molar-refractivity contribution in [1.29, 1.82) is 0 Å². The summed E-state index contributed by atoms with van der Waals surface area (Å²) in [6, 6.07) is 10.4. The first-order valence-electron chi connectivity index (χ1n) is 10.9. The number of amides is 1. The number of fused-ring (bicyclic) bond motifs is 1. The average molecular weight is 513 g/mol. The molecule has 0 saturated carbocycles. The molecule has 4 rings (SSSR count). The van der Waals surface area contributed by atoms with Crippen LogP contribution >= 0.6 is 23.2 Å². The zero-order valence-corrected chi connectivity index (χ0v) is 20.5. The summed E-state index contributed by atoms with van der Waals surface area (Å²) in [5.74, 6) is 0.791. The highest BCUT2D eigenvalue weighted by atomic mass is 35.5. The van der Waals surface area contributed by atoms with E-state index in [-0.39, 0.29) is 36.7 Å². The number of hydrogen-bond acceptors (Lipinski definition) is 5. The summed E-state index contributed by atoms with van der Waals surface area (Å²) in [5, 5.41) is 3.70. The number of sulfonamides is 1. The molecule has 1 amide bonds. The van der Waals surface area contributed by atoms with Crippen LogP contribution in [0.2, 0.25) is 10.0 Å². The van der Waals surface area contributed by atoms with Gasteiger partial charge >= 0.3 is 0 Å². The van der Waals surface area contributed by atoms with Gasteiger partial charge in [-0.2, -0.15) is 0 Å². The van der Waals surface area contributed by atoms with Gasteiger partial charge in [0, 0.05) is 34.6 Å². The van der Waals surface area contributed by atoms with E-state index in [4.69, 9.17) is 32.7 Å². The lowest BCUT2D eigenvalue weighted by molar-refractivity contribution is -0.126. The summed E-state index contributed by atoms with van der Waals surface area (Å²) < 4.78 is 38.4. The molecular formula is C23H26Cl2N2O5S. The number of carbonyl (C=O) groups excluding carboxylic acids is 1. The Morgan fingerprint density at radius 3 is 2.39 bits per heavy atom. The van der Waals surface area contributed by atoms with E-state index in [1.807, 2.05) is 25.1 Å². The second-order valence-corrected chi connectivity index (χ2v) is 11.0. The first-order valence-corrected chi connectivity index (χ1v) is 13.2. The molecule has 1 fully saturated rings. The van der Waals surface area contributed by atoms with Crippen LogP contribution in [-0.2, 0) is 20.6 Å². The lowest BCUT2D eigenvalue weighted by atomic mass is 9.96. The van der Waals surface area contributed by atoms with Crippen molar-refractivity contribution in [2.75, 3.05) is 26.3 Å². The second kappa shape index (κ2) is 10.1. The number of benzene rings is 2. The van der Waals surface area contributed by atoms with Crippen LogP contribution in [0.1, 0.15) is 36.9 Å². The van der Waals surface area contributed by atoms with Crippen molar-refractivity contribution in [2.24, 2.45) is 5.92 Å². The number of halogens is 2. The molecule has 2 aliphatic heterocycles. The Bertz CT molecular complexity index is 1110. The third-order valence-electron chi connectivity index (χ3n) is 6.03. The van der Waals surface area contributed by atoms with E-state index in [0.29, 0.717) is 53.2 Å². The molecule has 33 heavy (non-hydrogen) atoms. The van der Waals surface area contributed by atoms with Crippen LogP contribution in [-0.4, -0.2) is 44.9 Å². The molecule has 1 N–H and O–H groups in total. The van der Waals surface area contributed by atoms with Crippen molar-refractivity contribution >= 4 is 39.1 Å². The Labute approximate surface area is 204 Å². The van der Waals surface area contributed by atoms with Crippen molar-refractivity contribution in [1.82, 2.24) is 9.62 Å². The van der Waals surface area contributed by atoms with Gasteiger partial charge in [0.2, 0.25) is 15.9 Å². The molecule has 7 nitrogen and oxygen atoms in total. The van der Waals surface area contributed by atoms with E-state index in [1.165, 1.54) is 4.31 Å². The van der Waals surface area contributed by atoms with Gasteiger partial charge in [-0.15, -0.1) is 0 Å². The topological polar surface area (TPSA) is 84.9 Å². The van der Waals surface area contributed by atoms with Crippen LogP contribution in [0.3, 0.4) is 0 Å².